The molecule has 6 nitrogen and oxygen atoms in total. The number of hydrogen-bond acceptors (Lipinski definition) is 4. The molecule has 1 atom stereocenters. The van der Waals surface area contributed by atoms with E-state index in [1.54, 1.807) is 6.07 Å². The molecule has 0 aliphatic rings. The highest BCUT2D eigenvalue weighted by Crippen LogP contribution is 2.16. The van der Waals surface area contributed by atoms with Crippen molar-refractivity contribution in [2.45, 2.75) is 19.9 Å². The largest absolute Gasteiger partial charge is 0.365 e. The molecule has 3 aromatic rings. The second-order valence-corrected chi connectivity index (χ2v) is 5.91. The Bertz CT molecular complexity index is 999. The van der Waals surface area contributed by atoms with Crippen LogP contribution in [0, 0.1) is 12.7 Å². The zero-order valence-corrected chi connectivity index (χ0v) is 14.3. The summed E-state index contributed by atoms with van der Waals surface area (Å²) >= 11 is 0. The van der Waals surface area contributed by atoms with Crippen LogP contribution in [0.25, 0.3) is 11.3 Å². The lowest BCUT2D eigenvalue weighted by atomic mass is 10.1. The van der Waals surface area contributed by atoms with E-state index < -0.39 is 23.5 Å². The van der Waals surface area contributed by atoms with Gasteiger partial charge in [-0.05, 0) is 32.0 Å². The third-order valence-corrected chi connectivity index (χ3v) is 3.90. The van der Waals surface area contributed by atoms with Crippen LogP contribution in [0.15, 0.2) is 59.5 Å². The Morgan fingerprint density at radius 2 is 1.92 bits per heavy atom. The van der Waals surface area contributed by atoms with Gasteiger partial charge in [-0.2, -0.15) is 10.1 Å². The molecule has 1 unspecified atom stereocenters. The normalized spacial score (nSPS) is 11.8. The van der Waals surface area contributed by atoms with Crippen molar-refractivity contribution in [2.24, 2.45) is 0 Å². The van der Waals surface area contributed by atoms with Crippen LogP contribution in [0.2, 0.25) is 0 Å². The number of nitrogens with one attached hydrogen (secondary N) is 1. The standard InChI is InChI=1S/C19H17FN4O2/c1-12-6-8-14(9-7-12)17-11-21-24(19(26)23-17)13(2)18(25)22-16-5-3-4-15(20)10-16/h3-11,13H,1-2H3,(H,22,25). The van der Waals surface area contributed by atoms with Crippen molar-refractivity contribution in [1.29, 1.82) is 0 Å². The molecule has 0 bridgehead atoms. The van der Waals surface area contributed by atoms with Crippen molar-refractivity contribution >= 4 is 11.6 Å². The summed E-state index contributed by atoms with van der Waals surface area (Å²) in [6, 6.07) is 12.1. The number of amides is 1. The molecule has 0 aliphatic heterocycles. The molecule has 3 rings (SSSR count). The first-order valence-corrected chi connectivity index (χ1v) is 8.03. The molecular formula is C19H17FN4O2. The van der Waals surface area contributed by atoms with Gasteiger partial charge in [-0.1, -0.05) is 35.9 Å². The fraction of sp³-hybridized carbons (Fsp3) is 0.158. The molecule has 1 N–H and O–H groups in total. The Labute approximate surface area is 149 Å². The number of aromatic nitrogens is 3. The van der Waals surface area contributed by atoms with Gasteiger partial charge in [-0.3, -0.25) is 4.79 Å². The Morgan fingerprint density at radius 3 is 2.58 bits per heavy atom. The van der Waals surface area contributed by atoms with Gasteiger partial charge in [0, 0.05) is 11.3 Å². The van der Waals surface area contributed by atoms with E-state index in [0.29, 0.717) is 11.4 Å². The minimum Gasteiger partial charge on any atom is -0.324 e. The van der Waals surface area contributed by atoms with Gasteiger partial charge >= 0.3 is 5.69 Å². The van der Waals surface area contributed by atoms with Gasteiger partial charge in [0.25, 0.3) is 0 Å². The van der Waals surface area contributed by atoms with Crippen molar-refractivity contribution in [3.05, 3.63) is 76.6 Å². The SMILES string of the molecule is Cc1ccc(-c2cnn(C(C)C(=O)Nc3cccc(F)c3)c(=O)n2)cc1. The summed E-state index contributed by atoms with van der Waals surface area (Å²) in [4.78, 5) is 28.6. The van der Waals surface area contributed by atoms with Gasteiger partial charge in [-0.15, -0.1) is 0 Å². The molecule has 1 heterocycles. The van der Waals surface area contributed by atoms with Gasteiger partial charge in [0.2, 0.25) is 5.91 Å². The number of rotatable bonds is 4. The van der Waals surface area contributed by atoms with Gasteiger partial charge < -0.3 is 5.32 Å². The predicted octanol–water partition coefficient (Wildman–Crippen LogP) is 2.95. The number of aryl methyl sites for hydroxylation is 1. The Balaban J connectivity index is 1.81. The topological polar surface area (TPSA) is 76.9 Å². The molecule has 1 aromatic heterocycles. The fourth-order valence-electron chi connectivity index (χ4n) is 2.40. The molecule has 132 valence electrons. The van der Waals surface area contributed by atoms with Crippen LogP contribution < -0.4 is 11.0 Å². The number of halogens is 1. The average molecular weight is 352 g/mol. The maximum Gasteiger partial charge on any atom is 0.365 e. The maximum atomic E-state index is 13.2. The monoisotopic (exact) mass is 352 g/mol. The fourth-order valence-corrected chi connectivity index (χ4v) is 2.40. The van der Waals surface area contributed by atoms with Gasteiger partial charge in [0.15, 0.2) is 0 Å². The number of carbonyl (C=O) groups is 1. The summed E-state index contributed by atoms with van der Waals surface area (Å²) in [5, 5.41) is 6.62. The highest BCUT2D eigenvalue weighted by molar-refractivity contribution is 5.93. The molecule has 0 fully saturated rings. The van der Waals surface area contributed by atoms with Crippen LogP contribution in [0.5, 0.6) is 0 Å². The Hall–Kier alpha value is -3.35. The van der Waals surface area contributed by atoms with Crippen LogP contribution in [0.4, 0.5) is 10.1 Å². The summed E-state index contributed by atoms with van der Waals surface area (Å²) in [6.07, 6.45) is 1.44. The molecule has 0 saturated heterocycles. The zero-order valence-electron chi connectivity index (χ0n) is 14.3. The summed E-state index contributed by atoms with van der Waals surface area (Å²) in [7, 11) is 0. The molecule has 0 spiro atoms. The van der Waals surface area contributed by atoms with Crippen molar-refractivity contribution in [2.75, 3.05) is 5.32 Å². The Kier molecular flexibility index (Phi) is 4.88. The highest BCUT2D eigenvalue weighted by atomic mass is 19.1. The van der Waals surface area contributed by atoms with Crippen LogP contribution >= 0.6 is 0 Å². The number of carbonyl (C=O) groups excluding carboxylic acids is 1. The Morgan fingerprint density at radius 1 is 1.19 bits per heavy atom. The number of nitrogens with zero attached hydrogens (tertiary/aromatic N) is 3. The van der Waals surface area contributed by atoms with Crippen molar-refractivity contribution in [3.8, 4) is 11.3 Å². The molecule has 0 radical (unpaired) electrons. The summed E-state index contributed by atoms with van der Waals surface area (Å²) in [5.41, 5.74) is 1.97. The van der Waals surface area contributed by atoms with Gasteiger partial charge in [0.05, 0.1) is 11.9 Å². The lowest BCUT2D eigenvalue weighted by Crippen LogP contribution is -2.34. The quantitative estimate of drug-likeness (QED) is 0.783. The van der Waals surface area contributed by atoms with Crippen LogP contribution in [-0.2, 0) is 4.79 Å². The molecule has 0 saturated carbocycles. The second-order valence-electron chi connectivity index (χ2n) is 5.91. The van der Waals surface area contributed by atoms with E-state index in [2.05, 4.69) is 15.4 Å². The van der Waals surface area contributed by atoms with E-state index in [1.165, 1.54) is 31.3 Å². The van der Waals surface area contributed by atoms with E-state index in [-0.39, 0.29) is 0 Å². The first-order valence-electron chi connectivity index (χ1n) is 8.03. The average Bonchev–Trinajstić information content (AvgIpc) is 2.61. The lowest BCUT2D eigenvalue weighted by Gasteiger charge is -2.14. The summed E-state index contributed by atoms with van der Waals surface area (Å²) < 4.78 is 14.2. The number of anilines is 1. The molecule has 0 aliphatic carbocycles. The van der Waals surface area contributed by atoms with Gasteiger partial charge in [0.1, 0.15) is 11.9 Å². The van der Waals surface area contributed by atoms with E-state index in [0.717, 1.165) is 15.8 Å². The van der Waals surface area contributed by atoms with E-state index in [4.69, 9.17) is 0 Å². The van der Waals surface area contributed by atoms with Gasteiger partial charge in [-0.25, -0.2) is 13.9 Å². The minimum atomic E-state index is -0.898. The van der Waals surface area contributed by atoms with Crippen molar-refractivity contribution in [1.82, 2.24) is 14.8 Å². The van der Waals surface area contributed by atoms with E-state index in [9.17, 15) is 14.0 Å². The van der Waals surface area contributed by atoms with E-state index in [1.807, 2.05) is 31.2 Å². The predicted molar refractivity (Wildman–Crippen MR) is 96.2 cm³/mol. The molecular weight excluding hydrogens is 335 g/mol. The van der Waals surface area contributed by atoms with Crippen molar-refractivity contribution in [3.63, 3.8) is 0 Å². The summed E-state index contributed by atoms with van der Waals surface area (Å²) in [5.74, 6) is -0.954. The lowest BCUT2D eigenvalue weighted by molar-refractivity contribution is -0.119. The number of hydrogen-bond donors (Lipinski definition) is 1. The summed E-state index contributed by atoms with van der Waals surface area (Å²) in [6.45, 7) is 3.49. The second kappa shape index (κ2) is 7.26. The molecule has 2 aromatic carbocycles. The van der Waals surface area contributed by atoms with E-state index >= 15 is 0 Å². The third kappa shape index (κ3) is 3.83. The van der Waals surface area contributed by atoms with Crippen LogP contribution in [0.3, 0.4) is 0 Å². The first kappa shape index (κ1) is 17.5. The third-order valence-electron chi connectivity index (χ3n) is 3.90. The minimum absolute atomic E-state index is 0.305. The molecule has 26 heavy (non-hydrogen) atoms. The molecule has 7 heteroatoms. The highest BCUT2D eigenvalue weighted by Gasteiger charge is 2.18. The first-order chi connectivity index (χ1) is 12.4. The maximum absolute atomic E-state index is 13.2. The van der Waals surface area contributed by atoms with Crippen LogP contribution in [0.1, 0.15) is 18.5 Å². The molecule has 1 amide bonds. The number of benzene rings is 2. The van der Waals surface area contributed by atoms with Crippen molar-refractivity contribution < 1.29 is 9.18 Å². The smallest absolute Gasteiger partial charge is 0.324 e. The van der Waals surface area contributed by atoms with Crippen LogP contribution in [-0.4, -0.2) is 20.7 Å². The zero-order chi connectivity index (χ0) is 18.7.